The molecule has 0 unspecified atom stereocenters. The van der Waals surface area contributed by atoms with Gasteiger partial charge in [0.25, 0.3) is 0 Å². The number of hydrogen-bond acceptors (Lipinski definition) is 6. The first-order valence-corrected chi connectivity index (χ1v) is 18.7. The van der Waals surface area contributed by atoms with Crippen LogP contribution in [-0.2, 0) is 9.05 Å². The normalized spacial score (nSPS) is 15.9. The minimum atomic E-state index is -3.17. The van der Waals surface area contributed by atoms with E-state index in [1.807, 2.05) is 84.9 Å². The van der Waals surface area contributed by atoms with Gasteiger partial charge in [0.15, 0.2) is 11.1 Å². The molecule has 5 aromatic rings. The number of ether oxygens (including phenoxy) is 1. The average Bonchev–Trinajstić information content (AvgIpc) is 3.52. The summed E-state index contributed by atoms with van der Waals surface area (Å²) in [6.45, 7) is 2.56. The van der Waals surface area contributed by atoms with Gasteiger partial charge in [-0.2, -0.15) is 13.9 Å². The van der Waals surface area contributed by atoms with Crippen LogP contribution in [0.2, 0.25) is 0 Å². The number of urea groups is 1. The van der Waals surface area contributed by atoms with Gasteiger partial charge in [0.2, 0.25) is 0 Å². The van der Waals surface area contributed by atoms with E-state index >= 15 is 0 Å². The molecule has 1 heterocycles. The summed E-state index contributed by atoms with van der Waals surface area (Å²) >= 11 is 0. The molecule has 1 aliphatic rings. The van der Waals surface area contributed by atoms with Crippen LogP contribution in [0.3, 0.4) is 0 Å². The monoisotopic (exact) mass is 719 g/mol. The number of allylic oxidation sites excluding steroid dienone is 1. The van der Waals surface area contributed by atoms with E-state index in [1.54, 1.807) is 23.1 Å². The van der Waals surface area contributed by atoms with E-state index < -0.39 is 25.8 Å². The Hall–Kier alpha value is -5.18. The molecule has 6 rings (SSSR count). The third-order valence-corrected chi connectivity index (χ3v) is 11.0. The Kier molecular flexibility index (Phi) is 11.6. The van der Waals surface area contributed by atoms with E-state index in [4.69, 9.17) is 13.8 Å². The first-order valence-electron chi connectivity index (χ1n) is 17.1. The molecule has 0 aliphatic carbocycles. The number of benzene rings is 5. The summed E-state index contributed by atoms with van der Waals surface area (Å²) in [7, 11) is -0.345. The van der Waals surface area contributed by atoms with Crippen molar-refractivity contribution in [3.05, 3.63) is 150 Å². The molecule has 0 radical (unpaired) electrons. The number of hydrogen-bond donors (Lipinski definition) is 2. The number of halogens is 1. The van der Waals surface area contributed by atoms with Crippen molar-refractivity contribution in [3.8, 4) is 28.0 Å². The van der Waals surface area contributed by atoms with Gasteiger partial charge < -0.3 is 10.1 Å². The molecule has 266 valence electrons. The Morgan fingerprint density at radius 1 is 0.846 bits per heavy atom. The molecule has 1 aliphatic heterocycles. The maximum Gasteiger partial charge on any atom is 0.445 e. The lowest BCUT2D eigenvalue weighted by Gasteiger charge is -2.28. The molecule has 10 heteroatoms. The molecule has 1 fully saturated rings. The third kappa shape index (κ3) is 7.98. The highest BCUT2D eigenvalue weighted by molar-refractivity contribution is 7.68. The second-order valence-corrected chi connectivity index (χ2v) is 14.6. The fourth-order valence-corrected chi connectivity index (χ4v) is 7.32. The van der Waals surface area contributed by atoms with Gasteiger partial charge in [-0.05, 0) is 89.3 Å². The number of ketones is 1. The molecule has 0 spiro atoms. The molecular formula is C42H41FN2O6P+. The number of carbonyl (C=O) groups excluding carboxylic acids is 2. The van der Waals surface area contributed by atoms with E-state index in [9.17, 15) is 18.9 Å². The third-order valence-electron chi connectivity index (χ3n) is 9.07. The number of rotatable bonds is 14. The first-order chi connectivity index (χ1) is 25.2. The van der Waals surface area contributed by atoms with Crippen LogP contribution < -0.4 is 20.3 Å². The number of amides is 2. The zero-order valence-corrected chi connectivity index (χ0v) is 30.1. The molecule has 0 saturated carbocycles. The maximum atomic E-state index is 13.9. The van der Waals surface area contributed by atoms with Gasteiger partial charge in [-0.15, -0.1) is 0 Å². The fraction of sp³-hybridized carbons (Fsp3) is 0.190. The van der Waals surface area contributed by atoms with E-state index in [2.05, 4.69) is 12.2 Å². The van der Waals surface area contributed by atoms with Crippen LogP contribution in [0.5, 0.6) is 5.75 Å². The summed E-state index contributed by atoms with van der Waals surface area (Å²) < 4.78 is 30.5. The lowest BCUT2D eigenvalue weighted by molar-refractivity contribution is 0.104. The fourth-order valence-electron chi connectivity index (χ4n) is 6.23. The Morgan fingerprint density at radius 3 is 2.12 bits per heavy atom. The van der Waals surface area contributed by atoms with Crippen LogP contribution in [0, 0.1) is 5.82 Å². The Labute approximate surface area is 304 Å². The van der Waals surface area contributed by atoms with Crippen molar-refractivity contribution in [2.45, 2.75) is 31.8 Å². The standard InChI is InChI=1S/C42H40FN2O6P/c1-4-5-27-51-40-28-33(31-15-22-36(23-16-31)52(48,49-2)50-3)17-24-37(40)41-38(25-26-39(46)32-11-18-34(43)19-12-32)44-42(47)45(41)35-20-13-30(14-21-35)29-9-7-6-8-10-29/h6-26,28,38,41,48H,4-5,27H2,1-3H3/p+1/b26-25+/t38-,41+/m0/s1. The molecule has 52 heavy (non-hydrogen) atoms. The van der Waals surface area contributed by atoms with Gasteiger partial charge in [-0.1, -0.05) is 86.2 Å². The number of nitrogens with one attached hydrogen (secondary N) is 1. The van der Waals surface area contributed by atoms with Crippen LogP contribution in [-0.4, -0.2) is 43.6 Å². The maximum absolute atomic E-state index is 13.9. The predicted octanol–water partition coefficient (Wildman–Crippen LogP) is 9.09. The zero-order valence-electron chi connectivity index (χ0n) is 29.2. The van der Waals surface area contributed by atoms with Crippen molar-refractivity contribution in [1.29, 1.82) is 0 Å². The molecule has 2 atom stereocenters. The SMILES string of the molecule is CCCCOc1cc(-c2ccc([P+](O)(OC)OC)cc2)ccc1[C@@H]1[C@H](/C=C/C(=O)c2ccc(F)cc2)NC(=O)N1c1ccc(-c2ccccc2)cc1. The molecule has 0 aromatic heterocycles. The van der Waals surface area contributed by atoms with Crippen molar-refractivity contribution in [3.63, 3.8) is 0 Å². The first kappa shape index (κ1) is 36.6. The number of nitrogens with zero attached hydrogens (tertiary/aromatic N) is 1. The Balaban J connectivity index is 1.41. The van der Waals surface area contributed by atoms with E-state index in [1.165, 1.54) is 44.6 Å². The lowest BCUT2D eigenvalue weighted by atomic mass is 9.94. The van der Waals surface area contributed by atoms with E-state index in [0.717, 1.165) is 40.7 Å². The van der Waals surface area contributed by atoms with Crippen LogP contribution in [0.25, 0.3) is 22.3 Å². The predicted molar refractivity (Wildman–Crippen MR) is 204 cm³/mol. The average molecular weight is 720 g/mol. The summed E-state index contributed by atoms with van der Waals surface area (Å²) in [5, 5.41) is 3.62. The van der Waals surface area contributed by atoms with Crippen LogP contribution in [0.1, 0.15) is 41.7 Å². The molecule has 2 N–H and O–H groups in total. The summed E-state index contributed by atoms with van der Waals surface area (Å²) in [5.74, 6) is -0.142. The molecule has 1 saturated heterocycles. The quantitative estimate of drug-likeness (QED) is 0.0515. The van der Waals surface area contributed by atoms with Gasteiger partial charge in [0.1, 0.15) is 11.6 Å². The second-order valence-electron chi connectivity index (χ2n) is 12.3. The topological polar surface area (TPSA) is 97.3 Å². The van der Waals surface area contributed by atoms with E-state index in [0.29, 0.717) is 28.9 Å². The van der Waals surface area contributed by atoms with Gasteiger partial charge in [-0.25, -0.2) is 9.18 Å². The zero-order chi connectivity index (χ0) is 36.7. The van der Waals surface area contributed by atoms with Gasteiger partial charge in [-0.3, -0.25) is 9.69 Å². The highest BCUT2D eigenvalue weighted by atomic mass is 31.2. The largest absolute Gasteiger partial charge is 0.493 e. The van der Waals surface area contributed by atoms with Gasteiger partial charge in [0.05, 0.1) is 32.9 Å². The van der Waals surface area contributed by atoms with Crippen molar-refractivity contribution in [2.75, 3.05) is 25.7 Å². The van der Waals surface area contributed by atoms with Crippen molar-refractivity contribution >= 4 is 30.7 Å². The van der Waals surface area contributed by atoms with Gasteiger partial charge in [0, 0.05) is 16.8 Å². The molecule has 0 bridgehead atoms. The van der Waals surface area contributed by atoms with Crippen molar-refractivity contribution in [2.24, 2.45) is 0 Å². The van der Waals surface area contributed by atoms with Gasteiger partial charge >= 0.3 is 14.0 Å². The highest BCUT2D eigenvalue weighted by Gasteiger charge is 2.43. The smallest absolute Gasteiger partial charge is 0.445 e. The summed E-state index contributed by atoms with van der Waals surface area (Å²) in [5.41, 5.74) is 5.58. The Morgan fingerprint density at radius 2 is 1.46 bits per heavy atom. The minimum absolute atomic E-state index is 0.312. The highest BCUT2D eigenvalue weighted by Crippen LogP contribution is 2.54. The van der Waals surface area contributed by atoms with Crippen LogP contribution in [0.4, 0.5) is 14.9 Å². The summed E-state index contributed by atoms with van der Waals surface area (Å²) in [6, 6.07) is 34.8. The molecular weight excluding hydrogens is 678 g/mol. The number of carbonyl (C=O) groups is 2. The van der Waals surface area contributed by atoms with Crippen LogP contribution >= 0.6 is 7.94 Å². The minimum Gasteiger partial charge on any atom is -0.493 e. The Bertz CT molecular complexity index is 2020. The lowest BCUT2D eigenvalue weighted by Crippen LogP contribution is -2.30. The summed E-state index contributed by atoms with van der Waals surface area (Å²) in [6.07, 6.45) is 4.87. The van der Waals surface area contributed by atoms with Crippen molar-refractivity contribution in [1.82, 2.24) is 5.32 Å². The molecule has 5 aromatic carbocycles. The summed E-state index contributed by atoms with van der Waals surface area (Å²) in [4.78, 5) is 39.5. The van der Waals surface area contributed by atoms with E-state index in [-0.39, 0.29) is 11.8 Å². The molecule has 2 amide bonds. The van der Waals surface area contributed by atoms with Crippen LogP contribution in [0.15, 0.2) is 133 Å². The molecule has 8 nitrogen and oxygen atoms in total. The number of unbranched alkanes of at least 4 members (excludes halogenated alkanes) is 1. The number of anilines is 1. The second kappa shape index (κ2) is 16.4. The van der Waals surface area contributed by atoms with Crippen molar-refractivity contribution < 1.29 is 32.7 Å².